The zero-order valence-electron chi connectivity index (χ0n) is 20.8. The fourth-order valence-electron chi connectivity index (χ4n) is 4.54. The first-order chi connectivity index (χ1) is 18.8. The maximum absolute atomic E-state index is 6.10. The van der Waals surface area contributed by atoms with Gasteiger partial charge in [-0.2, -0.15) is 0 Å². The van der Waals surface area contributed by atoms with Gasteiger partial charge in [0.2, 0.25) is 0 Å². The quantitative estimate of drug-likeness (QED) is 0.177. The van der Waals surface area contributed by atoms with Crippen molar-refractivity contribution in [3.05, 3.63) is 144 Å². The second kappa shape index (κ2) is 10.5. The summed E-state index contributed by atoms with van der Waals surface area (Å²) in [6, 6.07) is 42.8. The van der Waals surface area contributed by atoms with Gasteiger partial charge in [0.15, 0.2) is 11.7 Å². The zero-order chi connectivity index (χ0) is 25.7. The molecule has 0 atom stereocenters. The predicted molar refractivity (Wildman–Crippen MR) is 158 cm³/mol. The van der Waals surface area contributed by atoms with Crippen molar-refractivity contribution in [2.75, 3.05) is 0 Å². The van der Waals surface area contributed by atoms with Crippen LogP contribution in [0.1, 0.15) is 16.7 Å². The first-order valence-electron chi connectivity index (χ1n) is 12.5. The molecule has 4 heteroatoms. The normalized spacial score (nSPS) is 12.2. The second-order valence-corrected chi connectivity index (χ2v) is 8.97. The van der Waals surface area contributed by atoms with Crippen molar-refractivity contribution in [3.8, 4) is 11.1 Å². The van der Waals surface area contributed by atoms with E-state index in [2.05, 4.69) is 72.4 Å². The SMILES string of the molecule is C=NC(=NC(=NCc1ccccc1)c1ccc(-c2ccc3c(c2)oc2ccccc23)cc1)c1ccccc1. The molecule has 182 valence electrons. The fraction of sp³-hybridized carbons (Fsp3) is 0.0294. The van der Waals surface area contributed by atoms with Crippen molar-refractivity contribution < 1.29 is 4.42 Å². The van der Waals surface area contributed by atoms with E-state index in [-0.39, 0.29) is 0 Å². The molecule has 0 aliphatic heterocycles. The van der Waals surface area contributed by atoms with E-state index in [0.717, 1.165) is 49.8 Å². The lowest BCUT2D eigenvalue weighted by atomic mass is 10.0. The Bertz CT molecular complexity index is 1780. The molecule has 0 aliphatic rings. The van der Waals surface area contributed by atoms with Gasteiger partial charge in [-0.05, 0) is 41.6 Å². The standard InChI is InChI=1S/C34H25N3O/c1-35-33(26-12-6-3-7-13-26)37-34(36-23-24-10-4-2-5-11-24)27-18-16-25(17-19-27)28-20-21-30-29-14-8-9-15-31(29)38-32(30)22-28/h2-22H,1,23H2. The van der Waals surface area contributed by atoms with Crippen LogP contribution in [0.15, 0.2) is 147 Å². The number of hydrogen-bond donors (Lipinski definition) is 0. The molecule has 1 heterocycles. The van der Waals surface area contributed by atoms with Crippen LogP contribution in [-0.2, 0) is 6.54 Å². The van der Waals surface area contributed by atoms with Crippen LogP contribution in [0, 0.1) is 0 Å². The van der Waals surface area contributed by atoms with E-state index in [1.165, 1.54) is 0 Å². The molecule has 0 bridgehead atoms. The van der Waals surface area contributed by atoms with Gasteiger partial charge in [-0.3, -0.25) is 4.99 Å². The number of para-hydroxylation sites is 1. The third-order valence-electron chi connectivity index (χ3n) is 6.50. The number of nitrogens with zero attached hydrogens (tertiary/aromatic N) is 3. The Hall–Kier alpha value is -5.09. The second-order valence-electron chi connectivity index (χ2n) is 8.97. The first-order valence-corrected chi connectivity index (χ1v) is 12.5. The minimum absolute atomic E-state index is 0.517. The number of amidine groups is 2. The molecule has 0 spiro atoms. The van der Waals surface area contributed by atoms with E-state index in [4.69, 9.17) is 14.4 Å². The summed E-state index contributed by atoms with van der Waals surface area (Å²) in [7, 11) is 0. The zero-order valence-corrected chi connectivity index (χ0v) is 20.8. The Labute approximate surface area is 221 Å². The molecule has 1 aromatic heterocycles. The number of hydrogen-bond acceptors (Lipinski definition) is 2. The van der Waals surface area contributed by atoms with Crippen LogP contribution in [0.2, 0.25) is 0 Å². The fourth-order valence-corrected chi connectivity index (χ4v) is 4.54. The third kappa shape index (κ3) is 4.80. The third-order valence-corrected chi connectivity index (χ3v) is 6.50. The van der Waals surface area contributed by atoms with Gasteiger partial charge in [0, 0.05) is 21.9 Å². The molecule has 0 amide bonds. The molecule has 0 saturated carbocycles. The minimum Gasteiger partial charge on any atom is -0.456 e. The van der Waals surface area contributed by atoms with Gasteiger partial charge in [0.1, 0.15) is 11.2 Å². The summed E-state index contributed by atoms with van der Waals surface area (Å²) in [4.78, 5) is 13.9. The van der Waals surface area contributed by atoms with Gasteiger partial charge in [-0.1, -0.05) is 109 Å². The van der Waals surface area contributed by atoms with Crippen LogP contribution in [-0.4, -0.2) is 18.4 Å². The Morgan fingerprint density at radius 2 is 1.21 bits per heavy atom. The van der Waals surface area contributed by atoms with E-state index in [1.54, 1.807) is 0 Å². The van der Waals surface area contributed by atoms with Crippen molar-refractivity contribution in [1.82, 2.24) is 0 Å². The summed E-state index contributed by atoms with van der Waals surface area (Å²) in [6.45, 7) is 4.27. The van der Waals surface area contributed by atoms with Gasteiger partial charge >= 0.3 is 0 Å². The number of rotatable bonds is 5. The lowest BCUT2D eigenvalue weighted by molar-refractivity contribution is 0.669. The van der Waals surface area contributed by atoms with E-state index >= 15 is 0 Å². The van der Waals surface area contributed by atoms with Crippen molar-refractivity contribution >= 4 is 40.3 Å². The van der Waals surface area contributed by atoms with E-state index < -0.39 is 0 Å². The molecular weight excluding hydrogens is 466 g/mol. The van der Waals surface area contributed by atoms with Crippen molar-refractivity contribution in [2.24, 2.45) is 15.0 Å². The average molecular weight is 492 g/mol. The molecule has 0 saturated heterocycles. The molecule has 0 unspecified atom stereocenters. The maximum atomic E-state index is 6.10. The molecule has 6 rings (SSSR count). The molecule has 38 heavy (non-hydrogen) atoms. The first kappa shape index (κ1) is 23.3. The van der Waals surface area contributed by atoms with Gasteiger partial charge in [-0.25, -0.2) is 9.98 Å². The Morgan fingerprint density at radius 3 is 1.97 bits per heavy atom. The highest BCUT2D eigenvalue weighted by Gasteiger charge is 2.10. The minimum atomic E-state index is 0.517. The number of fused-ring (bicyclic) bond motifs is 3. The molecule has 0 radical (unpaired) electrons. The van der Waals surface area contributed by atoms with Crippen LogP contribution in [0.4, 0.5) is 0 Å². The highest BCUT2D eigenvalue weighted by atomic mass is 16.3. The number of benzene rings is 5. The molecule has 4 nitrogen and oxygen atoms in total. The molecule has 6 aromatic rings. The summed E-state index contributed by atoms with van der Waals surface area (Å²) in [5.41, 5.74) is 6.88. The smallest absolute Gasteiger partial charge is 0.161 e. The van der Waals surface area contributed by atoms with Gasteiger partial charge in [0.25, 0.3) is 0 Å². The molecule has 0 fully saturated rings. The van der Waals surface area contributed by atoms with Gasteiger partial charge < -0.3 is 4.42 Å². The van der Waals surface area contributed by atoms with Crippen molar-refractivity contribution in [1.29, 1.82) is 0 Å². The largest absolute Gasteiger partial charge is 0.456 e. The summed E-state index contributed by atoms with van der Waals surface area (Å²) in [6.07, 6.45) is 0. The Kier molecular flexibility index (Phi) is 6.44. The van der Waals surface area contributed by atoms with Crippen LogP contribution in [0.3, 0.4) is 0 Å². The average Bonchev–Trinajstić information content (AvgIpc) is 3.36. The van der Waals surface area contributed by atoms with Crippen molar-refractivity contribution in [2.45, 2.75) is 6.54 Å². The van der Waals surface area contributed by atoms with Crippen LogP contribution >= 0.6 is 0 Å². The highest BCUT2D eigenvalue weighted by molar-refractivity contribution is 6.12. The highest BCUT2D eigenvalue weighted by Crippen LogP contribution is 2.32. The predicted octanol–water partition coefficient (Wildman–Crippen LogP) is 8.35. The molecule has 0 aliphatic carbocycles. The monoisotopic (exact) mass is 491 g/mol. The van der Waals surface area contributed by atoms with E-state index in [0.29, 0.717) is 18.2 Å². The topological polar surface area (TPSA) is 50.2 Å². The number of furan rings is 1. The summed E-state index contributed by atoms with van der Waals surface area (Å²) >= 11 is 0. The molecular formula is C34H25N3O. The lowest BCUT2D eigenvalue weighted by Gasteiger charge is -2.08. The van der Waals surface area contributed by atoms with Gasteiger partial charge in [-0.15, -0.1) is 0 Å². The summed E-state index contributed by atoms with van der Waals surface area (Å²) in [5, 5.41) is 2.25. The maximum Gasteiger partial charge on any atom is 0.161 e. The molecule has 0 N–H and O–H groups in total. The summed E-state index contributed by atoms with van der Waals surface area (Å²) < 4.78 is 6.10. The van der Waals surface area contributed by atoms with E-state index in [9.17, 15) is 0 Å². The Balaban J connectivity index is 1.36. The lowest BCUT2D eigenvalue weighted by Crippen LogP contribution is -2.05. The van der Waals surface area contributed by atoms with Crippen LogP contribution in [0.25, 0.3) is 33.1 Å². The molecule has 5 aromatic carbocycles. The Morgan fingerprint density at radius 1 is 0.579 bits per heavy atom. The van der Waals surface area contributed by atoms with Crippen LogP contribution in [0.5, 0.6) is 0 Å². The number of aliphatic imine (C=N–C) groups is 3. The van der Waals surface area contributed by atoms with Gasteiger partial charge in [0.05, 0.1) is 6.54 Å². The van der Waals surface area contributed by atoms with Crippen molar-refractivity contribution in [3.63, 3.8) is 0 Å². The van der Waals surface area contributed by atoms with E-state index in [1.807, 2.05) is 66.7 Å². The summed E-state index contributed by atoms with van der Waals surface area (Å²) in [5.74, 6) is 1.15. The van der Waals surface area contributed by atoms with Crippen LogP contribution < -0.4 is 0 Å².